The summed E-state index contributed by atoms with van der Waals surface area (Å²) < 4.78 is 2.50. The molecule has 4 aromatic heterocycles. The van der Waals surface area contributed by atoms with Crippen molar-refractivity contribution in [2.75, 3.05) is 0 Å². The first-order chi connectivity index (χ1) is 11.9. The van der Waals surface area contributed by atoms with Gasteiger partial charge in [-0.25, -0.2) is 9.97 Å². The van der Waals surface area contributed by atoms with Gasteiger partial charge in [-0.05, 0) is 18.2 Å². The molecule has 4 heterocycles. The fourth-order valence-electron chi connectivity index (χ4n) is 2.65. The SMILES string of the molecule is C(#Cc1csc2c(-c3cnc[nH]3)csc12)c1ccc2nc[nH]c2c1. The lowest BCUT2D eigenvalue weighted by Gasteiger charge is -1.90. The van der Waals surface area contributed by atoms with Crippen molar-refractivity contribution in [2.24, 2.45) is 0 Å². The molecule has 2 N–H and O–H groups in total. The number of imidazole rings is 2. The third-order valence-corrected chi connectivity index (χ3v) is 5.99. The van der Waals surface area contributed by atoms with Crippen LogP contribution in [-0.2, 0) is 0 Å². The van der Waals surface area contributed by atoms with E-state index < -0.39 is 0 Å². The van der Waals surface area contributed by atoms with Crippen LogP contribution in [-0.4, -0.2) is 19.9 Å². The van der Waals surface area contributed by atoms with Crippen molar-refractivity contribution in [3.05, 3.63) is 58.9 Å². The van der Waals surface area contributed by atoms with E-state index in [9.17, 15) is 0 Å². The Bertz CT molecular complexity index is 1210. The fourth-order valence-corrected chi connectivity index (χ4v) is 4.95. The predicted molar refractivity (Wildman–Crippen MR) is 99.4 cm³/mol. The van der Waals surface area contributed by atoms with Gasteiger partial charge in [-0.2, -0.15) is 0 Å². The Morgan fingerprint density at radius 1 is 0.958 bits per heavy atom. The highest BCUT2D eigenvalue weighted by molar-refractivity contribution is 7.27. The van der Waals surface area contributed by atoms with E-state index in [0.29, 0.717) is 0 Å². The molecule has 0 aliphatic carbocycles. The average molecular weight is 346 g/mol. The van der Waals surface area contributed by atoms with E-state index in [2.05, 4.69) is 42.5 Å². The number of thiophene rings is 2. The second-order valence-corrected chi connectivity index (χ2v) is 7.07. The van der Waals surface area contributed by atoms with Gasteiger partial charge < -0.3 is 9.97 Å². The van der Waals surface area contributed by atoms with Gasteiger partial charge >= 0.3 is 0 Å². The number of rotatable bonds is 1. The summed E-state index contributed by atoms with van der Waals surface area (Å²) in [5, 5.41) is 4.29. The van der Waals surface area contributed by atoms with Gasteiger partial charge in [-0.1, -0.05) is 11.8 Å². The normalized spacial score (nSPS) is 11.0. The van der Waals surface area contributed by atoms with E-state index >= 15 is 0 Å². The van der Waals surface area contributed by atoms with Gasteiger partial charge in [0, 0.05) is 21.9 Å². The molecule has 5 rings (SSSR count). The number of hydrogen-bond acceptors (Lipinski definition) is 4. The van der Waals surface area contributed by atoms with Crippen LogP contribution in [0.1, 0.15) is 11.1 Å². The molecule has 114 valence electrons. The first kappa shape index (κ1) is 13.5. The third kappa shape index (κ3) is 2.14. The second kappa shape index (κ2) is 5.34. The molecule has 0 saturated carbocycles. The maximum atomic E-state index is 4.23. The molecule has 1 aromatic carbocycles. The molecule has 0 atom stereocenters. The Morgan fingerprint density at radius 3 is 2.83 bits per heavy atom. The molecule has 0 fully saturated rings. The van der Waals surface area contributed by atoms with Gasteiger partial charge in [0.05, 0.1) is 50.5 Å². The summed E-state index contributed by atoms with van der Waals surface area (Å²) in [7, 11) is 0. The van der Waals surface area contributed by atoms with Gasteiger partial charge in [-0.3, -0.25) is 0 Å². The molecule has 0 radical (unpaired) electrons. The van der Waals surface area contributed by atoms with Crippen molar-refractivity contribution in [1.29, 1.82) is 0 Å². The monoisotopic (exact) mass is 346 g/mol. The van der Waals surface area contributed by atoms with Crippen molar-refractivity contribution in [1.82, 2.24) is 19.9 Å². The number of hydrogen-bond donors (Lipinski definition) is 2. The lowest BCUT2D eigenvalue weighted by molar-refractivity contribution is 1.32. The first-order valence-electron chi connectivity index (χ1n) is 7.31. The van der Waals surface area contributed by atoms with Gasteiger partial charge in [0.1, 0.15) is 0 Å². The summed E-state index contributed by atoms with van der Waals surface area (Å²) in [6.45, 7) is 0. The second-order valence-electron chi connectivity index (χ2n) is 5.31. The summed E-state index contributed by atoms with van der Waals surface area (Å²) in [6, 6.07) is 6.02. The Labute approximate surface area is 145 Å². The first-order valence-corrected chi connectivity index (χ1v) is 9.07. The van der Waals surface area contributed by atoms with Gasteiger partial charge in [0.15, 0.2) is 0 Å². The molecule has 0 aliphatic heterocycles. The predicted octanol–water partition coefficient (Wildman–Crippen LogP) is 4.63. The van der Waals surface area contributed by atoms with Crippen LogP contribution in [0.15, 0.2) is 47.8 Å². The summed E-state index contributed by atoms with van der Waals surface area (Å²) >= 11 is 3.46. The number of benzene rings is 1. The largest absolute Gasteiger partial charge is 0.345 e. The van der Waals surface area contributed by atoms with Crippen molar-refractivity contribution in [3.8, 4) is 23.1 Å². The minimum atomic E-state index is 0.959. The lowest BCUT2D eigenvalue weighted by atomic mass is 10.2. The van der Waals surface area contributed by atoms with E-state index in [1.807, 2.05) is 24.4 Å². The van der Waals surface area contributed by atoms with Gasteiger partial charge in [-0.15, -0.1) is 22.7 Å². The quantitative estimate of drug-likeness (QED) is 0.435. The Balaban J connectivity index is 1.56. The van der Waals surface area contributed by atoms with Crippen molar-refractivity contribution >= 4 is 43.1 Å². The Morgan fingerprint density at radius 2 is 1.92 bits per heavy atom. The highest BCUT2D eigenvalue weighted by Crippen LogP contribution is 2.39. The van der Waals surface area contributed by atoms with Crippen LogP contribution in [0.3, 0.4) is 0 Å². The molecule has 0 saturated heterocycles. The molecule has 0 aliphatic rings. The zero-order valence-electron chi connectivity index (χ0n) is 12.3. The van der Waals surface area contributed by atoms with E-state index in [0.717, 1.165) is 27.9 Å². The van der Waals surface area contributed by atoms with Crippen LogP contribution in [0, 0.1) is 11.8 Å². The van der Waals surface area contributed by atoms with Crippen molar-refractivity contribution in [2.45, 2.75) is 0 Å². The van der Waals surface area contributed by atoms with E-state index in [-0.39, 0.29) is 0 Å². The Hall–Kier alpha value is -2.88. The molecular weight excluding hydrogens is 336 g/mol. The van der Waals surface area contributed by atoms with Gasteiger partial charge in [0.25, 0.3) is 0 Å². The minimum absolute atomic E-state index is 0.959. The summed E-state index contributed by atoms with van der Waals surface area (Å²) in [4.78, 5) is 14.6. The smallest absolute Gasteiger partial charge is 0.0931 e. The highest BCUT2D eigenvalue weighted by atomic mass is 32.1. The zero-order valence-corrected chi connectivity index (χ0v) is 14.0. The van der Waals surface area contributed by atoms with E-state index in [4.69, 9.17) is 0 Å². The topological polar surface area (TPSA) is 57.4 Å². The molecule has 0 bridgehead atoms. The molecular formula is C18H10N4S2. The molecule has 0 unspecified atom stereocenters. The molecule has 24 heavy (non-hydrogen) atoms. The third-order valence-electron chi connectivity index (χ3n) is 3.83. The van der Waals surface area contributed by atoms with E-state index in [1.165, 1.54) is 15.0 Å². The molecule has 4 nitrogen and oxygen atoms in total. The molecule has 6 heteroatoms. The molecule has 0 amide bonds. The fraction of sp³-hybridized carbons (Fsp3) is 0. The Kier molecular flexibility index (Phi) is 3.01. The highest BCUT2D eigenvalue weighted by Gasteiger charge is 2.12. The van der Waals surface area contributed by atoms with Crippen molar-refractivity contribution < 1.29 is 0 Å². The summed E-state index contributed by atoms with van der Waals surface area (Å²) in [5.41, 5.74) is 6.28. The number of fused-ring (bicyclic) bond motifs is 2. The summed E-state index contributed by atoms with van der Waals surface area (Å²) in [6.07, 6.45) is 5.26. The minimum Gasteiger partial charge on any atom is -0.345 e. The summed E-state index contributed by atoms with van der Waals surface area (Å²) in [5.74, 6) is 6.57. The number of nitrogens with zero attached hydrogens (tertiary/aromatic N) is 2. The molecule has 5 aromatic rings. The number of H-pyrrole nitrogens is 2. The molecule has 0 spiro atoms. The maximum absolute atomic E-state index is 4.23. The van der Waals surface area contributed by atoms with Crippen LogP contribution in [0.5, 0.6) is 0 Å². The average Bonchev–Trinajstić information content (AvgIpc) is 3.35. The number of aromatic nitrogens is 4. The van der Waals surface area contributed by atoms with Crippen LogP contribution in [0.25, 0.3) is 31.7 Å². The zero-order chi connectivity index (χ0) is 15.9. The van der Waals surface area contributed by atoms with Crippen LogP contribution in [0.4, 0.5) is 0 Å². The van der Waals surface area contributed by atoms with E-state index in [1.54, 1.807) is 35.3 Å². The van der Waals surface area contributed by atoms with Crippen LogP contribution < -0.4 is 0 Å². The van der Waals surface area contributed by atoms with Crippen molar-refractivity contribution in [3.63, 3.8) is 0 Å². The van der Waals surface area contributed by atoms with Gasteiger partial charge in [0.2, 0.25) is 0 Å². The lowest BCUT2D eigenvalue weighted by Crippen LogP contribution is -1.76. The standard InChI is InChI=1S/C18H10N4S2/c1(11-2-4-14-15(5-11)22-10-21-14)3-12-7-23-18-13(8-24-17(12)18)16-6-19-9-20-16/h2,4-10H,(H,19,20)(H,21,22). The number of aromatic amines is 2. The van der Waals surface area contributed by atoms with Crippen LogP contribution >= 0.6 is 22.7 Å². The maximum Gasteiger partial charge on any atom is 0.0931 e. The van der Waals surface area contributed by atoms with Crippen LogP contribution in [0.2, 0.25) is 0 Å². The number of nitrogens with one attached hydrogen (secondary N) is 2.